The summed E-state index contributed by atoms with van der Waals surface area (Å²) in [4.78, 5) is 2.54. The Labute approximate surface area is 158 Å². The Morgan fingerprint density at radius 3 is 1.56 bits per heavy atom. The topological polar surface area (TPSA) is 3.24 Å². The molecule has 1 aromatic rings. The van der Waals surface area contributed by atoms with Crippen LogP contribution in [0.3, 0.4) is 0 Å². The van der Waals surface area contributed by atoms with Gasteiger partial charge in [-0.3, -0.25) is 0 Å². The first-order valence-electron chi connectivity index (χ1n) is 11.1. The molecule has 0 bridgehead atoms. The minimum absolute atomic E-state index is 0.708. The minimum Gasteiger partial charge on any atom is -0.417 e. The number of anilines is 1. The Kier molecular flexibility index (Phi) is 13.6. The number of benzene rings is 1. The fraction of sp³-hybridized carbons (Fsp3) is 0.739. The lowest BCUT2D eigenvalue weighted by atomic mass is 9.52. The van der Waals surface area contributed by atoms with Gasteiger partial charge in [0, 0.05) is 5.69 Å². The summed E-state index contributed by atoms with van der Waals surface area (Å²) in [6.07, 6.45) is 19.5. The quantitative estimate of drug-likeness (QED) is 0.218. The summed E-state index contributed by atoms with van der Waals surface area (Å²) in [5, 5.41) is 0. The number of para-hydroxylation sites is 1. The molecule has 0 spiro atoms. The van der Waals surface area contributed by atoms with E-state index in [2.05, 4.69) is 56.0 Å². The molecule has 25 heavy (non-hydrogen) atoms. The molecule has 0 aliphatic heterocycles. The molecule has 0 unspecified atom stereocenters. The van der Waals surface area contributed by atoms with E-state index >= 15 is 0 Å². The van der Waals surface area contributed by atoms with E-state index < -0.39 is 0 Å². The van der Waals surface area contributed by atoms with Gasteiger partial charge < -0.3 is 4.81 Å². The largest absolute Gasteiger partial charge is 0.417 e. The number of nitrogens with zero attached hydrogens (tertiary/aromatic N) is 1. The summed E-state index contributed by atoms with van der Waals surface area (Å²) >= 11 is 0. The van der Waals surface area contributed by atoms with Crippen molar-refractivity contribution in [3.8, 4) is 0 Å². The second-order valence-electron chi connectivity index (χ2n) is 7.71. The first-order valence-corrected chi connectivity index (χ1v) is 11.1. The number of rotatable bonds is 16. The molecular formula is C23H42BN. The van der Waals surface area contributed by atoms with Gasteiger partial charge >= 0.3 is 0 Å². The molecular weight excluding hydrogens is 301 g/mol. The molecule has 1 nitrogen and oxygen atoms in total. The lowest BCUT2D eigenvalue weighted by Gasteiger charge is -2.28. The maximum Gasteiger partial charge on any atom is 0.254 e. The van der Waals surface area contributed by atoms with Gasteiger partial charge in [-0.1, -0.05) is 122 Å². The Morgan fingerprint density at radius 2 is 1.08 bits per heavy atom. The molecule has 0 aromatic heterocycles. The van der Waals surface area contributed by atoms with Crippen LogP contribution in [0.4, 0.5) is 5.69 Å². The molecule has 142 valence electrons. The lowest BCUT2D eigenvalue weighted by molar-refractivity contribution is 0.616. The van der Waals surface area contributed by atoms with Crippen molar-refractivity contribution in [2.24, 2.45) is 0 Å². The van der Waals surface area contributed by atoms with Crippen molar-refractivity contribution in [1.82, 2.24) is 0 Å². The fourth-order valence-corrected chi connectivity index (χ4v) is 3.73. The van der Waals surface area contributed by atoms with Crippen molar-refractivity contribution in [1.29, 1.82) is 0 Å². The van der Waals surface area contributed by atoms with Crippen LogP contribution in [0.5, 0.6) is 0 Å². The van der Waals surface area contributed by atoms with Crippen LogP contribution in [0, 0.1) is 0 Å². The minimum atomic E-state index is 0.708. The Bertz CT molecular complexity index is 376. The number of unbranched alkanes of at least 4 members (excludes halogenated alkanes) is 10. The van der Waals surface area contributed by atoms with Crippen LogP contribution >= 0.6 is 0 Å². The molecule has 0 saturated heterocycles. The zero-order valence-electron chi connectivity index (χ0n) is 17.3. The van der Waals surface area contributed by atoms with Gasteiger partial charge in [-0.25, -0.2) is 0 Å². The Balaban J connectivity index is 2.37. The molecule has 0 saturated carbocycles. The van der Waals surface area contributed by atoms with Crippen molar-refractivity contribution in [2.75, 3.05) is 11.9 Å². The normalized spacial score (nSPS) is 10.8. The van der Waals surface area contributed by atoms with Gasteiger partial charge in [0.15, 0.2) is 0 Å². The molecule has 2 heteroatoms. The third-order valence-electron chi connectivity index (χ3n) is 5.49. The predicted molar refractivity (Wildman–Crippen MR) is 117 cm³/mol. The summed E-state index contributed by atoms with van der Waals surface area (Å²) in [6.45, 7) is 5.30. The van der Waals surface area contributed by atoms with E-state index in [1.165, 1.54) is 95.4 Å². The van der Waals surface area contributed by atoms with Crippen LogP contribution in [0.15, 0.2) is 30.3 Å². The van der Waals surface area contributed by atoms with E-state index in [4.69, 9.17) is 0 Å². The van der Waals surface area contributed by atoms with Gasteiger partial charge in [0.25, 0.3) is 6.85 Å². The Hall–Kier alpha value is -0.915. The smallest absolute Gasteiger partial charge is 0.254 e. The van der Waals surface area contributed by atoms with Crippen LogP contribution in [-0.4, -0.2) is 13.9 Å². The molecule has 0 N–H and O–H groups in total. The highest BCUT2D eigenvalue weighted by Crippen LogP contribution is 2.21. The van der Waals surface area contributed by atoms with Crippen LogP contribution in [0.2, 0.25) is 12.6 Å². The van der Waals surface area contributed by atoms with E-state index in [-0.39, 0.29) is 0 Å². The van der Waals surface area contributed by atoms with E-state index in [1.807, 2.05) is 0 Å². The molecule has 0 heterocycles. The van der Waals surface area contributed by atoms with Crippen LogP contribution in [-0.2, 0) is 0 Å². The molecule has 1 rings (SSSR count). The van der Waals surface area contributed by atoms with Gasteiger partial charge in [-0.2, -0.15) is 0 Å². The highest BCUT2D eigenvalue weighted by molar-refractivity contribution is 6.63. The lowest BCUT2D eigenvalue weighted by Crippen LogP contribution is -2.35. The van der Waals surface area contributed by atoms with Crippen LogP contribution < -0.4 is 4.81 Å². The maximum absolute atomic E-state index is 2.54. The number of hydrogen-bond donors (Lipinski definition) is 0. The van der Waals surface area contributed by atoms with E-state index in [9.17, 15) is 0 Å². The summed E-state index contributed by atoms with van der Waals surface area (Å²) in [5.74, 6) is 0. The van der Waals surface area contributed by atoms with Crippen molar-refractivity contribution in [3.63, 3.8) is 0 Å². The standard InChI is InChI=1S/C23H42BN/c1-4-6-8-10-12-17-21-24(22-18-13-11-9-7-5-2)25(3)23-19-15-14-16-20-23/h14-16,19-20H,4-13,17-18,21-22H2,1-3H3. The fourth-order valence-electron chi connectivity index (χ4n) is 3.73. The average molecular weight is 343 g/mol. The molecule has 0 aliphatic carbocycles. The monoisotopic (exact) mass is 343 g/mol. The first kappa shape index (κ1) is 22.1. The van der Waals surface area contributed by atoms with Crippen molar-refractivity contribution >= 4 is 12.5 Å². The molecule has 0 aliphatic rings. The zero-order valence-corrected chi connectivity index (χ0v) is 17.3. The molecule has 1 aromatic carbocycles. The third kappa shape index (κ3) is 10.6. The van der Waals surface area contributed by atoms with Crippen LogP contribution in [0.25, 0.3) is 0 Å². The first-order chi connectivity index (χ1) is 12.3. The highest BCUT2D eigenvalue weighted by Gasteiger charge is 2.19. The van der Waals surface area contributed by atoms with Crippen molar-refractivity contribution in [3.05, 3.63) is 30.3 Å². The second kappa shape index (κ2) is 15.3. The van der Waals surface area contributed by atoms with E-state index in [0.29, 0.717) is 6.85 Å². The second-order valence-corrected chi connectivity index (χ2v) is 7.71. The number of hydrogen-bond acceptors (Lipinski definition) is 1. The van der Waals surface area contributed by atoms with Gasteiger partial charge in [-0.05, 0) is 19.2 Å². The van der Waals surface area contributed by atoms with Gasteiger partial charge in [-0.15, -0.1) is 0 Å². The summed E-state index contributed by atoms with van der Waals surface area (Å²) in [7, 11) is 2.30. The molecule has 0 radical (unpaired) electrons. The SMILES string of the molecule is CCCCCCCCB(CCCCCCCC)N(C)c1ccccc1. The van der Waals surface area contributed by atoms with E-state index in [1.54, 1.807) is 0 Å². The summed E-state index contributed by atoms with van der Waals surface area (Å²) < 4.78 is 0. The average Bonchev–Trinajstić information content (AvgIpc) is 2.65. The summed E-state index contributed by atoms with van der Waals surface area (Å²) in [5.41, 5.74) is 1.38. The predicted octanol–water partition coefficient (Wildman–Crippen LogP) is 7.84. The summed E-state index contributed by atoms with van der Waals surface area (Å²) in [6, 6.07) is 11.0. The molecule has 0 atom stereocenters. The molecule has 0 amide bonds. The van der Waals surface area contributed by atoms with Gasteiger partial charge in [0.1, 0.15) is 0 Å². The van der Waals surface area contributed by atoms with Gasteiger partial charge in [0.2, 0.25) is 0 Å². The third-order valence-corrected chi connectivity index (χ3v) is 5.49. The van der Waals surface area contributed by atoms with Crippen LogP contribution in [0.1, 0.15) is 90.9 Å². The van der Waals surface area contributed by atoms with Crippen molar-refractivity contribution in [2.45, 2.75) is 104 Å². The Morgan fingerprint density at radius 1 is 0.640 bits per heavy atom. The van der Waals surface area contributed by atoms with E-state index in [0.717, 1.165) is 0 Å². The van der Waals surface area contributed by atoms with Crippen molar-refractivity contribution < 1.29 is 0 Å². The highest BCUT2D eigenvalue weighted by atomic mass is 15.0. The van der Waals surface area contributed by atoms with Gasteiger partial charge in [0.05, 0.1) is 0 Å². The molecule has 0 fully saturated rings. The maximum atomic E-state index is 2.54. The zero-order chi connectivity index (χ0) is 18.2.